The van der Waals surface area contributed by atoms with Crippen LogP contribution in [-0.4, -0.2) is 29.1 Å². The van der Waals surface area contributed by atoms with Gasteiger partial charge in [-0.05, 0) is 32.5 Å². The van der Waals surface area contributed by atoms with Crippen LogP contribution in [0.4, 0.5) is 4.39 Å². The van der Waals surface area contributed by atoms with Crippen molar-refractivity contribution in [1.82, 2.24) is 4.90 Å². The molecule has 0 amide bonds. The van der Waals surface area contributed by atoms with Crippen molar-refractivity contribution < 1.29 is 14.3 Å². The Balaban J connectivity index is 2.98. The maximum atomic E-state index is 13.8. The smallest absolute Gasteiger partial charge is 0.320 e. The summed E-state index contributed by atoms with van der Waals surface area (Å²) in [6.07, 6.45) is 0.480. The van der Waals surface area contributed by atoms with E-state index >= 15 is 0 Å². The molecule has 2 unspecified atom stereocenters. The fraction of sp³-hybridized carbons (Fsp3) is 0.462. The van der Waals surface area contributed by atoms with Crippen LogP contribution in [0.25, 0.3) is 0 Å². The summed E-state index contributed by atoms with van der Waals surface area (Å²) in [6, 6.07) is 3.92. The summed E-state index contributed by atoms with van der Waals surface area (Å²) in [6.45, 7) is 3.61. The number of hydrogen-bond donors (Lipinski definition) is 1. The Kier molecular flexibility index (Phi) is 5.28. The standard InChI is InChI=1S/C13H17BrFNO2/c1-4-12(13(17)18)16(3)8(2)10-6-5-9(14)7-11(10)15/h5-8,12H,4H2,1-3H3,(H,17,18). The molecule has 0 aliphatic carbocycles. The van der Waals surface area contributed by atoms with E-state index in [1.165, 1.54) is 6.07 Å². The molecule has 0 aliphatic rings. The van der Waals surface area contributed by atoms with Crippen LogP contribution in [0.1, 0.15) is 31.9 Å². The number of nitrogens with zero attached hydrogens (tertiary/aromatic N) is 1. The molecule has 5 heteroatoms. The summed E-state index contributed by atoms with van der Waals surface area (Å²) in [7, 11) is 1.70. The predicted molar refractivity (Wildman–Crippen MR) is 72.0 cm³/mol. The molecule has 0 saturated heterocycles. The summed E-state index contributed by atoms with van der Waals surface area (Å²) in [5.41, 5.74) is 0.500. The molecule has 0 aliphatic heterocycles. The van der Waals surface area contributed by atoms with Crippen molar-refractivity contribution in [3.05, 3.63) is 34.1 Å². The lowest BCUT2D eigenvalue weighted by Gasteiger charge is -2.30. The molecule has 1 aromatic rings. The number of hydrogen-bond acceptors (Lipinski definition) is 2. The van der Waals surface area contributed by atoms with E-state index in [-0.39, 0.29) is 11.9 Å². The first-order valence-corrected chi connectivity index (χ1v) is 6.57. The van der Waals surface area contributed by atoms with Crippen molar-refractivity contribution in [3.8, 4) is 0 Å². The highest BCUT2D eigenvalue weighted by molar-refractivity contribution is 9.10. The maximum Gasteiger partial charge on any atom is 0.320 e. The Bertz CT molecular complexity index is 439. The molecule has 0 bridgehead atoms. The summed E-state index contributed by atoms with van der Waals surface area (Å²) in [4.78, 5) is 12.8. The fourth-order valence-electron chi connectivity index (χ4n) is 1.97. The van der Waals surface area contributed by atoms with Crippen molar-refractivity contribution in [3.63, 3.8) is 0 Å². The third kappa shape index (κ3) is 3.29. The Morgan fingerprint density at radius 2 is 2.17 bits per heavy atom. The molecule has 0 saturated carbocycles. The molecular weight excluding hydrogens is 301 g/mol. The van der Waals surface area contributed by atoms with E-state index in [2.05, 4.69) is 15.9 Å². The van der Waals surface area contributed by atoms with Gasteiger partial charge >= 0.3 is 5.97 Å². The molecule has 1 aromatic carbocycles. The quantitative estimate of drug-likeness (QED) is 0.904. The van der Waals surface area contributed by atoms with Gasteiger partial charge in [0, 0.05) is 16.1 Å². The van der Waals surface area contributed by atoms with Crippen LogP contribution in [0.5, 0.6) is 0 Å². The van der Waals surface area contributed by atoms with E-state index in [1.54, 1.807) is 37.9 Å². The van der Waals surface area contributed by atoms with Gasteiger partial charge < -0.3 is 5.11 Å². The van der Waals surface area contributed by atoms with Gasteiger partial charge in [-0.15, -0.1) is 0 Å². The molecule has 1 N–H and O–H groups in total. The second-order valence-corrected chi connectivity index (χ2v) is 5.19. The zero-order valence-electron chi connectivity index (χ0n) is 10.7. The highest BCUT2D eigenvalue weighted by Crippen LogP contribution is 2.26. The van der Waals surface area contributed by atoms with Crippen molar-refractivity contribution in [2.45, 2.75) is 32.4 Å². The van der Waals surface area contributed by atoms with Crippen molar-refractivity contribution in [2.75, 3.05) is 7.05 Å². The minimum Gasteiger partial charge on any atom is -0.480 e. The zero-order chi connectivity index (χ0) is 13.9. The average molecular weight is 318 g/mol. The SMILES string of the molecule is CCC(C(=O)O)N(C)C(C)c1ccc(Br)cc1F. The number of carboxylic acid groups (broad SMARTS) is 1. The summed E-state index contributed by atoms with van der Waals surface area (Å²) >= 11 is 3.20. The predicted octanol–water partition coefficient (Wildman–Crippen LogP) is 3.44. The van der Waals surface area contributed by atoms with Gasteiger partial charge in [0.15, 0.2) is 0 Å². The topological polar surface area (TPSA) is 40.5 Å². The first-order valence-electron chi connectivity index (χ1n) is 5.78. The van der Waals surface area contributed by atoms with Crippen molar-refractivity contribution in [1.29, 1.82) is 0 Å². The minimum atomic E-state index is -0.885. The molecule has 1 rings (SSSR count). The van der Waals surface area contributed by atoms with E-state index in [0.29, 0.717) is 16.5 Å². The van der Waals surface area contributed by atoms with Crippen molar-refractivity contribution >= 4 is 21.9 Å². The second-order valence-electron chi connectivity index (χ2n) is 4.27. The molecule has 3 nitrogen and oxygen atoms in total. The Labute approximate surface area is 115 Å². The number of rotatable bonds is 5. The number of halogens is 2. The molecule has 0 radical (unpaired) electrons. The number of carboxylic acids is 1. The maximum absolute atomic E-state index is 13.8. The molecule has 18 heavy (non-hydrogen) atoms. The largest absolute Gasteiger partial charge is 0.480 e. The minimum absolute atomic E-state index is 0.292. The van der Waals surface area contributed by atoms with Crippen molar-refractivity contribution in [2.24, 2.45) is 0 Å². The van der Waals surface area contributed by atoms with Crippen LogP contribution in [0.3, 0.4) is 0 Å². The first kappa shape index (κ1) is 15.1. The van der Waals surface area contributed by atoms with Crippen LogP contribution in [0, 0.1) is 5.82 Å². The van der Waals surface area contributed by atoms with Crippen LogP contribution >= 0.6 is 15.9 Å². The Morgan fingerprint density at radius 3 is 2.61 bits per heavy atom. The molecule has 100 valence electrons. The highest BCUT2D eigenvalue weighted by atomic mass is 79.9. The molecule has 0 fully saturated rings. The van der Waals surface area contributed by atoms with Gasteiger partial charge in [0.25, 0.3) is 0 Å². The number of aliphatic carboxylic acids is 1. The lowest BCUT2D eigenvalue weighted by Crippen LogP contribution is -2.39. The molecule has 2 atom stereocenters. The summed E-state index contributed by atoms with van der Waals surface area (Å²) in [5, 5.41) is 9.11. The third-order valence-corrected chi connectivity index (χ3v) is 3.68. The van der Waals surface area contributed by atoms with Crippen LogP contribution in [0.2, 0.25) is 0 Å². The molecule has 0 heterocycles. The Hall–Kier alpha value is -0.940. The van der Waals surface area contributed by atoms with E-state index in [4.69, 9.17) is 5.11 Å². The molecule has 0 aromatic heterocycles. The van der Waals surface area contributed by atoms with Gasteiger partial charge in [-0.2, -0.15) is 0 Å². The van der Waals surface area contributed by atoms with Crippen LogP contribution < -0.4 is 0 Å². The third-order valence-electron chi connectivity index (χ3n) is 3.19. The number of benzene rings is 1. The average Bonchev–Trinajstić information content (AvgIpc) is 2.28. The zero-order valence-corrected chi connectivity index (χ0v) is 12.2. The van der Waals surface area contributed by atoms with Gasteiger partial charge in [-0.3, -0.25) is 9.69 Å². The number of carbonyl (C=O) groups is 1. The van der Waals surface area contributed by atoms with E-state index in [9.17, 15) is 9.18 Å². The van der Waals surface area contributed by atoms with E-state index in [0.717, 1.165) is 0 Å². The Morgan fingerprint density at radius 1 is 1.56 bits per heavy atom. The monoisotopic (exact) mass is 317 g/mol. The van der Waals surface area contributed by atoms with Gasteiger partial charge in [0.2, 0.25) is 0 Å². The van der Waals surface area contributed by atoms with Crippen LogP contribution in [0.15, 0.2) is 22.7 Å². The highest BCUT2D eigenvalue weighted by Gasteiger charge is 2.26. The van der Waals surface area contributed by atoms with Crippen LogP contribution in [-0.2, 0) is 4.79 Å². The van der Waals surface area contributed by atoms with E-state index < -0.39 is 12.0 Å². The second kappa shape index (κ2) is 6.29. The summed E-state index contributed by atoms with van der Waals surface area (Å²) < 4.78 is 14.5. The van der Waals surface area contributed by atoms with Gasteiger partial charge in [0.1, 0.15) is 11.9 Å². The lowest BCUT2D eigenvalue weighted by molar-refractivity contribution is -0.143. The first-order chi connectivity index (χ1) is 8.38. The fourth-order valence-corrected chi connectivity index (χ4v) is 2.30. The van der Waals surface area contributed by atoms with E-state index in [1.807, 2.05) is 0 Å². The lowest BCUT2D eigenvalue weighted by atomic mass is 10.0. The number of likely N-dealkylation sites (N-methyl/N-ethyl adjacent to an activating group) is 1. The normalized spacial score (nSPS) is 14.6. The van der Waals surface area contributed by atoms with Gasteiger partial charge in [-0.25, -0.2) is 4.39 Å². The van der Waals surface area contributed by atoms with Gasteiger partial charge in [-0.1, -0.05) is 28.9 Å². The molecular formula is C13H17BrFNO2. The summed E-state index contributed by atoms with van der Waals surface area (Å²) in [5.74, 6) is -1.21. The molecule has 0 spiro atoms. The van der Waals surface area contributed by atoms with Gasteiger partial charge in [0.05, 0.1) is 0 Å².